The van der Waals surface area contributed by atoms with Crippen molar-refractivity contribution in [3.63, 3.8) is 0 Å². The van der Waals surface area contributed by atoms with Crippen LogP contribution in [-0.2, 0) is 19.7 Å². The van der Waals surface area contributed by atoms with Gasteiger partial charge in [0.2, 0.25) is 0 Å². The second kappa shape index (κ2) is 7.03. The first kappa shape index (κ1) is 18.1. The standard InChI is InChI=1S/C22H20N2O4/c1-14-6-7-17-18(12-14)24-21-20(23-17)15-4-2-3-5-16(15)22(21,9-8-19(26)27)10-11-28-13-25/h2-7,12-13H,8-11H2,1H3,(H,26,27). The van der Waals surface area contributed by atoms with Gasteiger partial charge in [0.1, 0.15) is 0 Å². The van der Waals surface area contributed by atoms with Crippen LogP contribution in [0, 0.1) is 6.92 Å². The second-order valence-electron chi connectivity index (χ2n) is 7.15. The number of hydrogen-bond donors (Lipinski definition) is 1. The van der Waals surface area contributed by atoms with Gasteiger partial charge in [-0.15, -0.1) is 0 Å². The van der Waals surface area contributed by atoms with Crippen molar-refractivity contribution in [2.75, 3.05) is 6.61 Å². The summed E-state index contributed by atoms with van der Waals surface area (Å²) < 4.78 is 4.99. The van der Waals surface area contributed by atoms with E-state index in [1.807, 2.05) is 49.4 Å². The van der Waals surface area contributed by atoms with Crippen LogP contribution in [0.5, 0.6) is 0 Å². The second-order valence-corrected chi connectivity index (χ2v) is 7.15. The number of carboxylic acids is 1. The molecule has 1 aromatic heterocycles. The van der Waals surface area contributed by atoms with E-state index in [0.29, 0.717) is 19.3 Å². The number of carbonyl (C=O) groups is 2. The molecule has 0 radical (unpaired) electrons. The van der Waals surface area contributed by atoms with E-state index in [1.165, 1.54) is 0 Å². The zero-order valence-electron chi connectivity index (χ0n) is 15.5. The smallest absolute Gasteiger partial charge is 0.303 e. The molecule has 0 saturated heterocycles. The van der Waals surface area contributed by atoms with E-state index in [-0.39, 0.29) is 13.0 Å². The highest BCUT2D eigenvalue weighted by atomic mass is 16.5. The monoisotopic (exact) mass is 376 g/mol. The predicted octanol–water partition coefficient (Wildman–Crippen LogP) is 3.63. The molecule has 1 unspecified atom stereocenters. The Balaban J connectivity index is 1.96. The van der Waals surface area contributed by atoms with Gasteiger partial charge in [0.05, 0.1) is 29.0 Å². The summed E-state index contributed by atoms with van der Waals surface area (Å²) in [5.74, 6) is -0.869. The molecular weight excluding hydrogens is 356 g/mol. The molecule has 1 aliphatic carbocycles. The van der Waals surface area contributed by atoms with Crippen molar-refractivity contribution in [1.82, 2.24) is 9.97 Å². The summed E-state index contributed by atoms with van der Waals surface area (Å²) in [6.07, 6.45) is 0.804. The molecule has 6 nitrogen and oxygen atoms in total. The normalized spacial score (nSPS) is 17.2. The van der Waals surface area contributed by atoms with Gasteiger partial charge in [-0.25, -0.2) is 9.97 Å². The number of carboxylic acid groups (broad SMARTS) is 1. The van der Waals surface area contributed by atoms with Gasteiger partial charge in [0.25, 0.3) is 6.47 Å². The molecule has 4 rings (SSSR count). The third-order valence-corrected chi connectivity index (χ3v) is 5.45. The number of benzene rings is 2. The number of aromatic nitrogens is 2. The molecule has 1 heterocycles. The lowest BCUT2D eigenvalue weighted by molar-refractivity contribution is -0.137. The van der Waals surface area contributed by atoms with Gasteiger partial charge in [-0.05, 0) is 43.0 Å². The molecule has 0 aliphatic heterocycles. The van der Waals surface area contributed by atoms with Gasteiger partial charge in [0, 0.05) is 17.4 Å². The van der Waals surface area contributed by atoms with Crippen LogP contribution in [0.4, 0.5) is 0 Å². The van der Waals surface area contributed by atoms with Gasteiger partial charge in [-0.3, -0.25) is 9.59 Å². The van der Waals surface area contributed by atoms with E-state index >= 15 is 0 Å². The Morgan fingerprint density at radius 1 is 1.14 bits per heavy atom. The molecule has 1 N–H and O–H groups in total. The number of hydrogen-bond acceptors (Lipinski definition) is 5. The number of carbonyl (C=O) groups excluding carboxylic acids is 1. The van der Waals surface area contributed by atoms with Crippen molar-refractivity contribution in [2.24, 2.45) is 0 Å². The first-order valence-electron chi connectivity index (χ1n) is 9.21. The minimum absolute atomic E-state index is 0.0115. The highest BCUT2D eigenvalue weighted by molar-refractivity contribution is 5.84. The van der Waals surface area contributed by atoms with E-state index in [4.69, 9.17) is 14.7 Å². The van der Waals surface area contributed by atoms with E-state index < -0.39 is 11.4 Å². The fraction of sp³-hybridized carbons (Fsp3) is 0.273. The van der Waals surface area contributed by atoms with Gasteiger partial charge < -0.3 is 9.84 Å². The summed E-state index contributed by atoms with van der Waals surface area (Å²) in [4.78, 5) is 31.9. The van der Waals surface area contributed by atoms with E-state index in [1.54, 1.807) is 0 Å². The Labute approximate surface area is 162 Å². The summed E-state index contributed by atoms with van der Waals surface area (Å²) >= 11 is 0. The quantitative estimate of drug-likeness (QED) is 0.500. The van der Waals surface area contributed by atoms with Crippen LogP contribution in [0.2, 0.25) is 0 Å². The lowest BCUT2D eigenvalue weighted by Gasteiger charge is -2.30. The topological polar surface area (TPSA) is 89.4 Å². The van der Waals surface area contributed by atoms with E-state index in [0.717, 1.165) is 39.1 Å². The minimum Gasteiger partial charge on any atom is -0.481 e. The van der Waals surface area contributed by atoms with Crippen molar-refractivity contribution in [3.05, 3.63) is 59.3 Å². The number of nitrogens with zero attached hydrogens (tertiary/aromatic N) is 2. The molecule has 0 amide bonds. The van der Waals surface area contributed by atoms with Gasteiger partial charge >= 0.3 is 5.97 Å². The summed E-state index contributed by atoms with van der Waals surface area (Å²) in [5.41, 5.74) is 5.51. The van der Waals surface area contributed by atoms with Gasteiger partial charge in [-0.2, -0.15) is 0 Å². The maximum absolute atomic E-state index is 11.4. The first-order chi connectivity index (χ1) is 13.5. The Morgan fingerprint density at radius 2 is 1.96 bits per heavy atom. The molecule has 28 heavy (non-hydrogen) atoms. The highest BCUT2D eigenvalue weighted by Gasteiger charge is 2.45. The third-order valence-electron chi connectivity index (χ3n) is 5.45. The lowest BCUT2D eigenvalue weighted by atomic mass is 9.74. The summed E-state index contributed by atoms with van der Waals surface area (Å²) in [6.45, 7) is 2.60. The largest absolute Gasteiger partial charge is 0.481 e. The van der Waals surface area contributed by atoms with Crippen molar-refractivity contribution in [3.8, 4) is 11.3 Å². The Bertz CT molecular complexity index is 1080. The Kier molecular flexibility index (Phi) is 4.55. The van der Waals surface area contributed by atoms with Crippen molar-refractivity contribution >= 4 is 23.5 Å². The SMILES string of the molecule is Cc1ccc2nc3c(nc2c1)C(CCOC=O)(CCC(=O)O)c1ccccc1-3. The van der Waals surface area contributed by atoms with Crippen LogP contribution < -0.4 is 0 Å². The number of ether oxygens (including phenoxy) is 1. The van der Waals surface area contributed by atoms with E-state index in [9.17, 15) is 14.7 Å². The van der Waals surface area contributed by atoms with Crippen LogP contribution in [0.1, 0.15) is 36.1 Å². The molecule has 2 aromatic carbocycles. The molecule has 142 valence electrons. The van der Waals surface area contributed by atoms with Crippen LogP contribution in [-0.4, -0.2) is 34.1 Å². The third kappa shape index (κ3) is 2.91. The van der Waals surface area contributed by atoms with E-state index in [2.05, 4.69) is 0 Å². The molecule has 0 spiro atoms. The first-order valence-corrected chi connectivity index (χ1v) is 9.21. The molecule has 0 saturated carbocycles. The predicted molar refractivity (Wildman–Crippen MR) is 104 cm³/mol. The molecule has 1 atom stereocenters. The van der Waals surface area contributed by atoms with Crippen molar-refractivity contribution < 1.29 is 19.4 Å². The Hall–Kier alpha value is -3.28. The summed E-state index contributed by atoms with van der Waals surface area (Å²) in [7, 11) is 0. The van der Waals surface area contributed by atoms with Gasteiger partial charge in [0.15, 0.2) is 0 Å². The average molecular weight is 376 g/mol. The summed E-state index contributed by atoms with van der Waals surface area (Å²) in [5, 5.41) is 9.34. The molecule has 6 heteroatoms. The zero-order chi connectivity index (χ0) is 19.7. The number of fused-ring (bicyclic) bond motifs is 4. The maximum atomic E-state index is 11.4. The molecule has 3 aromatic rings. The summed E-state index contributed by atoms with van der Waals surface area (Å²) in [6, 6.07) is 13.8. The average Bonchev–Trinajstić information content (AvgIpc) is 2.95. The van der Waals surface area contributed by atoms with Crippen LogP contribution >= 0.6 is 0 Å². The highest BCUT2D eigenvalue weighted by Crippen LogP contribution is 2.52. The lowest BCUT2D eigenvalue weighted by Crippen LogP contribution is -2.29. The number of aryl methyl sites for hydroxylation is 1. The molecule has 0 fully saturated rings. The zero-order valence-corrected chi connectivity index (χ0v) is 15.5. The number of aliphatic carboxylic acids is 1. The van der Waals surface area contributed by atoms with Crippen LogP contribution in [0.25, 0.3) is 22.3 Å². The Morgan fingerprint density at radius 3 is 2.75 bits per heavy atom. The van der Waals surface area contributed by atoms with Crippen LogP contribution in [0.15, 0.2) is 42.5 Å². The molecular formula is C22H20N2O4. The van der Waals surface area contributed by atoms with Crippen molar-refractivity contribution in [2.45, 2.75) is 31.6 Å². The number of rotatable bonds is 7. The fourth-order valence-electron chi connectivity index (χ4n) is 4.15. The molecule has 1 aliphatic rings. The fourth-order valence-corrected chi connectivity index (χ4v) is 4.15. The van der Waals surface area contributed by atoms with Gasteiger partial charge in [-0.1, -0.05) is 30.3 Å². The van der Waals surface area contributed by atoms with Crippen LogP contribution in [0.3, 0.4) is 0 Å². The minimum atomic E-state index is -0.869. The van der Waals surface area contributed by atoms with Crippen molar-refractivity contribution in [1.29, 1.82) is 0 Å². The molecule has 0 bridgehead atoms. The maximum Gasteiger partial charge on any atom is 0.303 e.